The van der Waals surface area contributed by atoms with E-state index in [0.29, 0.717) is 18.0 Å². The molecule has 7 heteroatoms. The van der Waals surface area contributed by atoms with Gasteiger partial charge in [0.15, 0.2) is 6.61 Å². The van der Waals surface area contributed by atoms with Crippen LogP contribution in [0.4, 0.5) is 5.69 Å². The third kappa shape index (κ3) is 5.34. The molecular formula is C18H26ClN3O3. The van der Waals surface area contributed by atoms with Gasteiger partial charge < -0.3 is 21.1 Å². The quantitative estimate of drug-likeness (QED) is 0.688. The van der Waals surface area contributed by atoms with E-state index in [1.807, 2.05) is 6.07 Å². The van der Waals surface area contributed by atoms with Crippen molar-refractivity contribution in [3.05, 3.63) is 24.3 Å². The maximum absolute atomic E-state index is 12.1. The average molecular weight is 368 g/mol. The maximum atomic E-state index is 12.1. The molecule has 2 fully saturated rings. The van der Waals surface area contributed by atoms with E-state index < -0.39 is 0 Å². The predicted molar refractivity (Wildman–Crippen MR) is 98.9 cm³/mol. The van der Waals surface area contributed by atoms with Gasteiger partial charge in [-0.25, -0.2) is 0 Å². The molecule has 2 aliphatic carbocycles. The number of amides is 2. The van der Waals surface area contributed by atoms with Gasteiger partial charge in [-0.2, -0.15) is 0 Å². The number of hydrogen-bond donors (Lipinski definition) is 3. The molecule has 0 aromatic heterocycles. The van der Waals surface area contributed by atoms with E-state index in [2.05, 4.69) is 10.6 Å². The zero-order chi connectivity index (χ0) is 17.0. The summed E-state index contributed by atoms with van der Waals surface area (Å²) >= 11 is 0. The summed E-state index contributed by atoms with van der Waals surface area (Å²) in [5, 5.41) is 5.89. The Hall–Kier alpha value is -1.79. The number of anilines is 1. The maximum Gasteiger partial charge on any atom is 0.258 e. The van der Waals surface area contributed by atoms with E-state index in [9.17, 15) is 9.59 Å². The number of carbonyl (C=O) groups is 2. The van der Waals surface area contributed by atoms with Crippen LogP contribution in [-0.2, 0) is 9.59 Å². The van der Waals surface area contributed by atoms with E-state index in [1.165, 1.54) is 0 Å². The SMILES string of the molecule is Cl.NCC1(NC(=O)COc2cccc(NC(=O)C3CC3)c2)CCCC1. The van der Waals surface area contributed by atoms with Crippen LogP contribution < -0.4 is 21.1 Å². The first-order valence-electron chi connectivity index (χ1n) is 8.65. The lowest BCUT2D eigenvalue weighted by Gasteiger charge is -2.28. The van der Waals surface area contributed by atoms with Crippen LogP contribution in [0.25, 0.3) is 0 Å². The Bertz CT molecular complexity index is 613. The molecule has 3 rings (SSSR count). The second-order valence-electron chi connectivity index (χ2n) is 6.82. The summed E-state index contributed by atoms with van der Waals surface area (Å²) in [6, 6.07) is 7.12. The monoisotopic (exact) mass is 367 g/mol. The number of carbonyl (C=O) groups excluding carboxylic acids is 2. The molecule has 0 unspecified atom stereocenters. The van der Waals surface area contributed by atoms with E-state index >= 15 is 0 Å². The summed E-state index contributed by atoms with van der Waals surface area (Å²) < 4.78 is 5.56. The number of ether oxygens (including phenoxy) is 1. The van der Waals surface area contributed by atoms with Crippen molar-refractivity contribution >= 4 is 29.9 Å². The smallest absolute Gasteiger partial charge is 0.258 e. The molecule has 0 saturated heterocycles. The molecule has 6 nitrogen and oxygen atoms in total. The van der Waals surface area contributed by atoms with Gasteiger partial charge in [0, 0.05) is 24.2 Å². The molecule has 0 spiro atoms. The van der Waals surface area contributed by atoms with Crippen molar-refractivity contribution in [1.82, 2.24) is 5.32 Å². The van der Waals surface area contributed by atoms with Gasteiger partial charge in [-0.1, -0.05) is 18.9 Å². The normalized spacial score (nSPS) is 18.1. The van der Waals surface area contributed by atoms with Gasteiger partial charge in [0.2, 0.25) is 5.91 Å². The fraction of sp³-hybridized carbons (Fsp3) is 0.556. The Morgan fingerprint density at radius 2 is 1.96 bits per heavy atom. The van der Waals surface area contributed by atoms with Crippen molar-refractivity contribution in [1.29, 1.82) is 0 Å². The Labute approximate surface area is 154 Å². The lowest BCUT2D eigenvalue weighted by molar-refractivity contribution is -0.125. The second-order valence-corrected chi connectivity index (χ2v) is 6.82. The second kappa shape index (κ2) is 8.54. The van der Waals surface area contributed by atoms with E-state index in [0.717, 1.165) is 38.5 Å². The van der Waals surface area contributed by atoms with Gasteiger partial charge in [-0.15, -0.1) is 12.4 Å². The van der Waals surface area contributed by atoms with Crippen LogP contribution in [0.1, 0.15) is 38.5 Å². The van der Waals surface area contributed by atoms with Gasteiger partial charge in [0.1, 0.15) is 5.75 Å². The van der Waals surface area contributed by atoms with Crippen LogP contribution in [0, 0.1) is 5.92 Å². The molecule has 0 radical (unpaired) electrons. The lowest BCUT2D eigenvalue weighted by Crippen LogP contribution is -2.52. The summed E-state index contributed by atoms with van der Waals surface area (Å²) in [6.45, 7) is 0.406. The summed E-state index contributed by atoms with van der Waals surface area (Å²) in [7, 11) is 0. The molecule has 25 heavy (non-hydrogen) atoms. The minimum Gasteiger partial charge on any atom is -0.484 e. The molecule has 1 aromatic carbocycles. The van der Waals surface area contributed by atoms with Gasteiger partial charge in [-0.05, 0) is 37.8 Å². The van der Waals surface area contributed by atoms with Crippen LogP contribution >= 0.6 is 12.4 Å². The number of rotatable bonds is 7. The number of nitrogens with one attached hydrogen (secondary N) is 2. The third-order valence-corrected chi connectivity index (χ3v) is 4.78. The minimum absolute atomic E-state index is 0. The third-order valence-electron chi connectivity index (χ3n) is 4.78. The van der Waals surface area contributed by atoms with E-state index in [4.69, 9.17) is 10.5 Å². The van der Waals surface area contributed by atoms with Crippen molar-refractivity contribution in [2.75, 3.05) is 18.5 Å². The van der Waals surface area contributed by atoms with Crippen molar-refractivity contribution < 1.29 is 14.3 Å². The fourth-order valence-electron chi connectivity index (χ4n) is 3.17. The molecule has 2 aliphatic rings. The number of nitrogens with two attached hydrogens (primary N) is 1. The van der Waals surface area contributed by atoms with Gasteiger partial charge in [0.05, 0.1) is 5.54 Å². The Kier molecular flexibility index (Phi) is 6.67. The standard InChI is InChI=1S/C18H25N3O3.ClH/c19-12-18(8-1-2-9-18)21-16(22)11-24-15-5-3-4-14(10-15)20-17(23)13-6-7-13;/h3-5,10,13H,1-2,6-9,11-12,19H2,(H,20,23)(H,21,22);1H. The van der Waals surface area contributed by atoms with E-state index in [1.54, 1.807) is 18.2 Å². The van der Waals surface area contributed by atoms with Crippen molar-refractivity contribution in [2.24, 2.45) is 11.7 Å². The lowest BCUT2D eigenvalue weighted by atomic mass is 9.98. The van der Waals surface area contributed by atoms with Crippen LogP contribution in [0.15, 0.2) is 24.3 Å². The first-order valence-corrected chi connectivity index (χ1v) is 8.65. The highest BCUT2D eigenvalue weighted by molar-refractivity contribution is 5.94. The topological polar surface area (TPSA) is 93.4 Å². The van der Waals surface area contributed by atoms with Crippen LogP contribution in [0.3, 0.4) is 0 Å². The highest BCUT2D eigenvalue weighted by Crippen LogP contribution is 2.31. The van der Waals surface area contributed by atoms with Gasteiger partial charge in [-0.3, -0.25) is 9.59 Å². The Morgan fingerprint density at radius 1 is 1.24 bits per heavy atom. The van der Waals surface area contributed by atoms with Gasteiger partial charge in [0.25, 0.3) is 5.91 Å². The summed E-state index contributed by atoms with van der Waals surface area (Å²) in [5.41, 5.74) is 6.25. The zero-order valence-corrected chi connectivity index (χ0v) is 15.1. The molecule has 2 saturated carbocycles. The fourth-order valence-corrected chi connectivity index (χ4v) is 3.17. The highest BCUT2D eigenvalue weighted by atomic mass is 35.5. The van der Waals surface area contributed by atoms with Crippen LogP contribution in [-0.4, -0.2) is 30.5 Å². The zero-order valence-electron chi connectivity index (χ0n) is 14.3. The molecule has 0 heterocycles. The van der Waals surface area contributed by atoms with Gasteiger partial charge >= 0.3 is 0 Å². The van der Waals surface area contributed by atoms with Crippen LogP contribution in [0.5, 0.6) is 5.75 Å². The summed E-state index contributed by atoms with van der Waals surface area (Å²) in [6.07, 6.45) is 5.98. The molecule has 1 aromatic rings. The van der Waals surface area contributed by atoms with Crippen LogP contribution in [0.2, 0.25) is 0 Å². The van der Waals surface area contributed by atoms with Crippen molar-refractivity contribution in [3.63, 3.8) is 0 Å². The number of halogens is 1. The molecular weight excluding hydrogens is 342 g/mol. The molecule has 138 valence electrons. The molecule has 2 amide bonds. The first-order chi connectivity index (χ1) is 11.6. The van der Waals surface area contributed by atoms with E-state index in [-0.39, 0.29) is 42.3 Å². The number of hydrogen-bond acceptors (Lipinski definition) is 4. The van der Waals surface area contributed by atoms with Crippen molar-refractivity contribution in [3.8, 4) is 5.75 Å². The molecule has 0 atom stereocenters. The predicted octanol–water partition coefficient (Wildman–Crippen LogP) is 2.22. The largest absolute Gasteiger partial charge is 0.484 e. The summed E-state index contributed by atoms with van der Waals surface area (Å²) in [5.74, 6) is 0.608. The summed E-state index contributed by atoms with van der Waals surface area (Å²) in [4.78, 5) is 23.9. The Balaban J connectivity index is 0.00000225. The van der Waals surface area contributed by atoms with Crippen molar-refractivity contribution in [2.45, 2.75) is 44.1 Å². The highest BCUT2D eigenvalue weighted by Gasteiger charge is 2.33. The molecule has 4 N–H and O–H groups in total. The molecule has 0 aliphatic heterocycles. The Morgan fingerprint density at radius 3 is 2.60 bits per heavy atom. The molecule has 0 bridgehead atoms. The first kappa shape index (κ1) is 19.5. The minimum atomic E-state index is -0.263. The average Bonchev–Trinajstić information content (AvgIpc) is 3.34. The number of benzene rings is 1.